The van der Waals surface area contributed by atoms with Crippen molar-refractivity contribution >= 4 is 27.9 Å². The highest BCUT2D eigenvalue weighted by molar-refractivity contribution is 9.10. The molecule has 0 saturated carbocycles. The number of benzene rings is 1. The van der Waals surface area contributed by atoms with Crippen LogP contribution in [0.1, 0.15) is 11.1 Å². The molecule has 0 aliphatic carbocycles. The van der Waals surface area contributed by atoms with Gasteiger partial charge < -0.3 is 20.3 Å². The molecular formula is C15H20BrNO5. The summed E-state index contributed by atoms with van der Waals surface area (Å²) < 4.78 is 6.69. The Labute approximate surface area is 137 Å². The predicted octanol–water partition coefficient (Wildman–Crippen LogP) is 2.38. The summed E-state index contributed by atoms with van der Waals surface area (Å²) in [6, 6.07) is 4.15. The maximum atomic E-state index is 9.10. The summed E-state index contributed by atoms with van der Waals surface area (Å²) >= 11 is 3.50. The highest BCUT2D eigenvalue weighted by Gasteiger charge is 2.04. The van der Waals surface area contributed by atoms with E-state index in [2.05, 4.69) is 53.8 Å². The van der Waals surface area contributed by atoms with Gasteiger partial charge in [-0.25, -0.2) is 9.59 Å². The molecule has 1 rings (SSSR count). The van der Waals surface area contributed by atoms with Crippen LogP contribution in [0.4, 0.5) is 0 Å². The number of aryl methyl sites for hydroxylation is 2. The summed E-state index contributed by atoms with van der Waals surface area (Å²) in [7, 11) is 0. The lowest BCUT2D eigenvalue weighted by atomic mass is 10.1. The number of carboxylic acid groups (broad SMARTS) is 2. The van der Waals surface area contributed by atoms with Crippen molar-refractivity contribution in [3.05, 3.63) is 40.4 Å². The zero-order chi connectivity index (χ0) is 17.1. The van der Waals surface area contributed by atoms with Gasteiger partial charge in [0.1, 0.15) is 12.4 Å². The van der Waals surface area contributed by atoms with Crippen LogP contribution in [0.25, 0.3) is 0 Å². The minimum absolute atomic E-state index is 0.662. The second kappa shape index (κ2) is 10.8. The first-order valence-electron chi connectivity index (χ1n) is 6.47. The average Bonchev–Trinajstić information content (AvgIpc) is 2.44. The lowest BCUT2D eigenvalue weighted by molar-refractivity contribution is -0.159. The molecule has 3 N–H and O–H groups in total. The zero-order valence-corrected chi connectivity index (χ0v) is 14.1. The lowest BCUT2D eigenvalue weighted by Crippen LogP contribution is -2.20. The molecule has 0 heterocycles. The fourth-order valence-electron chi connectivity index (χ4n) is 1.30. The number of aliphatic carboxylic acids is 2. The van der Waals surface area contributed by atoms with Crippen LogP contribution in [0.2, 0.25) is 0 Å². The van der Waals surface area contributed by atoms with Crippen LogP contribution >= 0.6 is 15.9 Å². The highest BCUT2D eigenvalue weighted by atomic mass is 79.9. The maximum Gasteiger partial charge on any atom is 0.414 e. The number of hydrogen-bond donors (Lipinski definition) is 3. The third kappa shape index (κ3) is 8.43. The van der Waals surface area contributed by atoms with Gasteiger partial charge >= 0.3 is 11.9 Å². The van der Waals surface area contributed by atoms with Crippen LogP contribution < -0.4 is 10.1 Å². The van der Waals surface area contributed by atoms with E-state index in [-0.39, 0.29) is 0 Å². The lowest BCUT2D eigenvalue weighted by Gasteiger charge is -2.10. The van der Waals surface area contributed by atoms with Crippen molar-refractivity contribution in [3.63, 3.8) is 0 Å². The zero-order valence-electron chi connectivity index (χ0n) is 12.6. The topological polar surface area (TPSA) is 95.9 Å². The number of halogens is 1. The molecule has 0 aliphatic rings. The minimum Gasteiger partial charge on any atom is -0.491 e. The van der Waals surface area contributed by atoms with E-state index in [1.807, 2.05) is 6.08 Å². The third-order valence-corrected chi connectivity index (χ3v) is 3.18. The molecule has 0 spiro atoms. The van der Waals surface area contributed by atoms with Crippen molar-refractivity contribution < 1.29 is 24.5 Å². The van der Waals surface area contributed by atoms with Crippen LogP contribution in [-0.2, 0) is 9.59 Å². The van der Waals surface area contributed by atoms with E-state index in [4.69, 9.17) is 24.5 Å². The molecule has 0 radical (unpaired) electrons. The summed E-state index contributed by atoms with van der Waals surface area (Å²) in [6.45, 7) is 10.1. The SMILES string of the molecule is C=CCNCCOc1cc(C)c(C)cc1Br.O=C(O)C(=O)O. The second-order valence-corrected chi connectivity index (χ2v) is 5.17. The molecule has 6 nitrogen and oxygen atoms in total. The van der Waals surface area contributed by atoms with Gasteiger partial charge in [0.15, 0.2) is 0 Å². The summed E-state index contributed by atoms with van der Waals surface area (Å²) in [5.41, 5.74) is 2.52. The molecule has 0 saturated heterocycles. The first-order valence-corrected chi connectivity index (χ1v) is 7.26. The first-order chi connectivity index (χ1) is 10.3. The Morgan fingerprint density at radius 1 is 1.27 bits per heavy atom. The van der Waals surface area contributed by atoms with Gasteiger partial charge in [0.2, 0.25) is 0 Å². The van der Waals surface area contributed by atoms with Gasteiger partial charge in [0, 0.05) is 13.1 Å². The first kappa shape index (κ1) is 20.1. The summed E-state index contributed by atoms with van der Waals surface area (Å²) in [4.78, 5) is 18.2. The van der Waals surface area contributed by atoms with Crippen LogP contribution in [0, 0.1) is 13.8 Å². The molecule has 0 aliphatic heterocycles. The van der Waals surface area contributed by atoms with Crippen molar-refractivity contribution in [2.75, 3.05) is 19.7 Å². The molecule has 22 heavy (non-hydrogen) atoms. The van der Waals surface area contributed by atoms with Crippen LogP contribution in [0.5, 0.6) is 5.75 Å². The Morgan fingerprint density at radius 3 is 2.32 bits per heavy atom. The van der Waals surface area contributed by atoms with E-state index >= 15 is 0 Å². The Kier molecular flexibility index (Phi) is 9.89. The third-order valence-electron chi connectivity index (χ3n) is 2.56. The monoisotopic (exact) mass is 373 g/mol. The molecule has 0 atom stereocenters. The van der Waals surface area contributed by atoms with E-state index in [0.717, 1.165) is 23.3 Å². The Balaban J connectivity index is 0.000000626. The predicted molar refractivity (Wildman–Crippen MR) is 87.4 cm³/mol. The number of hydrogen-bond acceptors (Lipinski definition) is 4. The average molecular weight is 374 g/mol. The highest BCUT2D eigenvalue weighted by Crippen LogP contribution is 2.28. The standard InChI is InChI=1S/C13H18BrNO.C2H2O4/c1-4-5-15-6-7-16-13-9-11(3)10(2)8-12(13)14;3-1(4)2(5)6/h4,8-9,15H,1,5-7H2,2-3H3;(H,3,4)(H,5,6). The molecule has 0 bridgehead atoms. The minimum atomic E-state index is -1.82. The van der Waals surface area contributed by atoms with Crippen molar-refractivity contribution in [3.8, 4) is 5.75 Å². The van der Waals surface area contributed by atoms with Crippen LogP contribution in [-0.4, -0.2) is 41.8 Å². The quantitative estimate of drug-likeness (QED) is 0.402. The molecule has 0 amide bonds. The van der Waals surface area contributed by atoms with Crippen molar-refractivity contribution in [1.29, 1.82) is 0 Å². The summed E-state index contributed by atoms with van der Waals surface area (Å²) in [5, 5.41) is 18.0. The number of carboxylic acids is 2. The molecule has 122 valence electrons. The molecule has 1 aromatic rings. The maximum absolute atomic E-state index is 9.10. The Bertz CT molecular complexity index is 519. The van der Waals surface area contributed by atoms with Crippen molar-refractivity contribution in [2.45, 2.75) is 13.8 Å². The number of rotatable bonds is 6. The van der Waals surface area contributed by atoms with Crippen molar-refractivity contribution in [1.82, 2.24) is 5.32 Å². The molecule has 7 heteroatoms. The van der Waals surface area contributed by atoms with Gasteiger partial charge in [-0.1, -0.05) is 6.08 Å². The van der Waals surface area contributed by atoms with Crippen molar-refractivity contribution in [2.24, 2.45) is 0 Å². The van der Waals surface area contributed by atoms with Crippen LogP contribution in [0.3, 0.4) is 0 Å². The van der Waals surface area contributed by atoms with Gasteiger partial charge in [-0.15, -0.1) is 6.58 Å². The van der Waals surface area contributed by atoms with E-state index < -0.39 is 11.9 Å². The van der Waals surface area contributed by atoms with Gasteiger partial charge in [0.25, 0.3) is 0 Å². The van der Waals surface area contributed by atoms with Gasteiger partial charge in [-0.2, -0.15) is 0 Å². The molecule has 0 fully saturated rings. The van der Waals surface area contributed by atoms with Gasteiger partial charge in [-0.3, -0.25) is 0 Å². The Hall–Kier alpha value is -1.86. The normalized spacial score (nSPS) is 9.41. The molecule has 0 unspecified atom stereocenters. The van der Waals surface area contributed by atoms with Gasteiger partial charge in [-0.05, 0) is 53.0 Å². The van der Waals surface area contributed by atoms with E-state index in [9.17, 15) is 0 Å². The largest absolute Gasteiger partial charge is 0.491 e. The van der Waals surface area contributed by atoms with Crippen LogP contribution in [0.15, 0.2) is 29.3 Å². The second-order valence-electron chi connectivity index (χ2n) is 4.32. The van der Waals surface area contributed by atoms with E-state index in [0.29, 0.717) is 6.61 Å². The number of nitrogens with one attached hydrogen (secondary N) is 1. The molecule has 1 aromatic carbocycles. The summed E-state index contributed by atoms with van der Waals surface area (Å²) in [6.07, 6.45) is 1.84. The molecular weight excluding hydrogens is 354 g/mol. The fourth-order valence-corrected chi connectivity index (χ4v) is 1.87. The van der Waals surface area contributed by atoms with E-state index in [1.165, 1.54) is 11.1 Å². The summed E-state index contributed by atoms with van der Waals surface area (Å²) in [5.74, 6) is -2.74. The molecule has 0 aromatic heterocycles. The fraction of sp³-hybridized carbons (Fsp3) is 0.333. The van der Waals surface area contributed by atoms with E-state index in [1.54, 1.807) is 0 Å². The Morgan fingerprint density at radius 2 is 1.82 bits per heavy atom. The number of carbonyl (C=O) groups is 2. The smallest absolute Gasteiger partial charge is 0.414 e. The number of ether oxygens (including phenoxy) is 1. The van der Waals surface area contributed by atoms with Gasteiger partial charge in [0.05, 0.1) is 4.47 Å².